The number of nitrogens with zero attached hydrogens (tertiary/aromatic N) is 3. The van der Waals surface area contributed by atoms with Gasteiger partial charge in [0.1, 0.15) is 5.56 Å². The number of hydrogen-bond donors (Lipinski definition) is 3. The van der Waals surface area contributed by atoms with E-state index in [-0.39, 0.29) is 27.5 Å². The molecule has 2 heterocycles. The van der Waals surface area contributed by atoms with E-state index in [1.807, 2.05) is 0 Å². The van der Waals surface area contributed by atoms with Crippen molar-refractivity contribution in [2.75, 3.05) is 11.9 Å². The third-order valence-corrected chi connectivity index (χ3v) is 7.30. The number of amides is 1. The number of benzene rings is 2. The Hall–Kier alpha value is -3.52. The van der Waals surface area contributed by atoms with E-state index in [2.05, 4.69) is 20.1 Å². The van der Waals surface area contributed by atoms with Gasteiger partial charge in [-0.15, -0.1) is 0 Å². The van der Waals surface area contributed by atoms with Gasteiger partial charge in [0.15, 0.2) is 11.3 Å². The van der Waals surface area contributed by atoms with Crippen molar-refractivity contribution < 1.29 is 31.5 Å². The van der Waals surface area contributed by atoms with E-state index in [1.54, 1.807) is 0 Å². The van der Waals surface area contributed by atoms with Gasteiger partial charge in [-0.25, -0.2) is 22.6 Å². The van der Waals surface area contributed by atoms with Crippen molar-refractivity contribution in [3.05, 3.63) is 77.1 Å². The summed E-state index contributed by atoms with van der Waals surface area (Å²) in [5.74, 6) is -0.855. The maximum Gasteiger partial charge on any atom is 0.433 e. The highest BCUT2D eigenvalue weighted by molar-refractivity contribution is 7.89. The van der Waals surface area contributed by atoms with Gasteiger partial charge < -0.3 is 10.4 Å². The molecule has 2 aromatic heterocycles. The van der Waals surface area contributed by atoms with Crippen LogP contribution in [0.4, 0.5) is 18.9 Å². The third-order valence-electron chi connectivity index (χ3n) is 5.36. The number of anilines is 1. The minimum Gasteiger partial charge on any atom is -0.394 e. The van der Waals surface area contributed by atoms with Gasteiger partial charge in [-0.1, -0.05) is 29.8 Å². The van der Waals surface area contributed by atoms with Crippen LogP contribution >= 0.6 is 11.6 Å². The Balaban J connectivity index is 1.72. The number of fused-ring (bicyclic) bond motifs is 1. The predicted octanol–water partition coefficient (Wildman–Crippen LogP) is 4.37. The van der Waals surface area contributed by atoms with Crippen LogP contribution < -0.4 is 10.0 Å². The first kappa shape index (κ1) is 27.5. The molecule has 0 unspecified atom stereocenters. The Bertz CT molecular complexity index is 1620. The quantitative estimate of drug-likeness (QED) is 0.304. The summed E-state index contributed by atoms with van der Waals surface area (Å²) in [4.78, 5) is 17.1. The Morgan fingerprint density at radius 1 is 1.11 bits per heavy atom. The molecule has 0 saturated carbocycles. The van der Waals surface area contributed by atoms with Gasteiger partial charge in [-0.2, -0.15) is 18.3 Å². The number of sulfonamides is 1. The van der Waals surface area contributed by atoms with Gasteiger partial charge in [0.25, 0.3) is 5.91 Å². The fourth-order valence-electron chi connectivity index (χ4n) is 3.49. The van der Waals surface area contributed by atoms with E-state index >= 15 is 0 Å². The molecule has 0 aliphatic carbocycles. The summed E-state index contributed by atoms with van der Waals surface area (Å²) in [5, 5.41) is 16.0. The first-order valence-electron chi connectivity index (χ1n) is 11.0. The van der Waals surface area contributed by atoms with Crippen molar-refractivity contribution >= 4 is 38.9 Å². The highest BCUT2D eigenvalue weighted by Crippen LogP contribution is 2.33. The predicted molar refractivity (Wildman–Crippen MR) is 134 cm³/mol. The lowest BCUT2D eigenvalue weighted by Gasteiger charge is -2.23. The number of halogens is 4. The lowest BCUT2D eigenvalue weighted by Crippen LogP contribution is -2.46. The summed E-state index contributed by atoms with van der Waals surface area (Å²) in [7, 11) is -4.06. The number of carbonyl (C=O) groups excluding carboxylic acids is 1. The lowest BCUT2D eigenvalue weighted by molar-refractivity contribution is -0.142. The van der Waals surface area contributed by atoms with Crippen molar-refractivity contribution in [2.45, 2.75) is 30.5 Å². The molecule has 1 amide bonds. The molecular weight excluding hydrogens is 547 g/mol. The monoisotopic (exact) mass is 567 g/mol. The molecule has 4 aromatic rings. The fourth-order valence-corrected chi connectivity index (χ4v) is 5.06. The van der Waals surface area contributed by atoms with Gasteiger partial charge >= 0.3 is 6.18 Å². The van der Waals surface area contributed by atoms with Crippen molar-refractivity contribution in [1.82, 2.24) is 19.3 Å². The van der Waals surface area contributed by atoms with Crippen molar-refractivity contribution in [1.29, 1.82) is 0 Å². The molecule has 0 aliphatic heterocycles. The average molecular weight is 568 g/mol. The van der Waals surface area contributed by atoms with Crippen LogP contribution in [0.15, 0.2) is 65.7 Å². The first-order valence-corrected chi connectivity index (χ1v) is 12.8. The summed E-state index contributed by atoms with van der Waals surface area (Å²) in [6, 6.07) is 12.1. The summed E-state index contributed by atoms with van der Waals surface area (Å²) in [6.45, 7) is 2.52. The largest absolute Gasteiger partial charge is 0.433 e. The van der Waals surface area contributed by atoms with E-state index in [9.17, 15) is 31.5 Å². The summed E-state index contributed by atoms with van der Waals surface area (Å²) >= 11 is 5.88. The number of nitrogens with one attached hydrogen (secondary N) is 2. The van der Waals surface area contributed by atoms with E-state index in [4.69, 9.17) is 11.6 Å². The normalized spacial score (nSPS) is 12.6. The molecule has 2 aromatic carbocycles. The van der Waals surface area contributed by atoms with Crippen LogP contribution in [0.1, 0.15) is 29.9 Å². The zero-order chi connectivity index (χ0) is 27.9. The SMILES string of the molecule is CC(C)(CO)NS(=O)(=O)c1cccc(NC(=O)c2cnn3c(C(F)(F)F)cc(-c4ccc(Cl)cc4)nc23)c1. The van der Waals surface area contributed by atoms with E-state index in [0.717, 1.165) is 12.3 Å². The minimum absolute atomic E-state index is 0.0540. The van der Waals surface area contributed by atoms with Crippen molar-refractivity contribution in [3.8, 4) is 11.3 Å². The number of rotatable bonds is 7. The molecule has 38 heavy (non-hydrogen) atoms. The lowest BCUT2D eigenvalue weighted by atomic mass is 10.1. The zero-order valence-corrected chi connectivity index (χ0v) is 21.5. The molecule has 14 heteroatoms. The fraction of sp³-hybridized carbons (Fsp3) is 0.208. The standard InChI is InChI=1S/C24H21ClF3N5O4S/c1-23(2,13-34)32-38(36,37)17-5-3-4-16(10-17)30-22(35)18-12-29-33-20(24(26,27)28)11-19(31-21(18)33)14-6-8-15(25)9-7-14/h3-12,32,34H,13H2,1-2H3,(H,30,35). The Labute approximate surface area is 220 Å². The van der Waals surface area contributed by atoms with Crippen LogP contribution in [0, 0.1) is 0 Å². The van der Waals surface area contributed by atoms with Crippen molar-refractivity contribution in [3.63, 3.8) is 0 Å². The number of carbonyl (C=O) groups is 1. The van der Waals surface area contributed by atoms with Crippen LogP contribution in [-0.2, 0) is 16.2 Å². The molecule has 0 bridgehead atoms. The molecule has 3 N–H and O–H groups in total. The van der Waals surface area contributed by atoms with E-state index in [1.165, 1.54) is 62.4 Å². The van der Waals surface area contributed by atoms with Gasteiger partial charge in [0, 0.05) is 16.3 Å². The van der Waals surface area contributed by atoms with E-state index in [0.29, 0.717) is 15.1 Å². The van der Waals surface area contributed by atoms with Crippen LogP contribution in [0.2, 0.25) is 5.02 Å². The second kappa shape index (κ2) is 9.98. The van der Waals surface area contributed by atoms with Gasteiger partial charge in [0.05, 0.1) is 28.9 Å². The summed E-state index contributed by atoms with van der Waals surface area (Å²) in [5.41, 5.74) is -2.55. The second-order valence-corrected chi connectivity index (χ2v) is 11.1. The van der Waals surface area contributed by atoms with Crippen LogP contribution in [-0.4, -0.2) is 46.2 Å². The van der Waals surface area contributed by atoms with Crippen LogP contribution in [0.25, 0.3) is 16.9 Å². The molecule has 0 atom stereocenters. The molecule has 0 spiro atoms. The van der Waals surface area contributed by atoms with Crippen LogP contribution in [0.5, 0.6) is 0 Å². The van der Waals surface area contributed by atoms with Gasteiger partial charge in [0.2, 0.25) is 10.0 Å². The number of aliphatic hydroxyl groups is 1. The molecular formula is C24H21ClF3N5O4S. The Morgan fingerprint density at radius 3 is 2.42 bits per heavy atom. The third kappa shape index (κ3) is 5.80. The maximum atomic E-state index is 13.8. The highest BCUT2D eigenvalue weighted by atomic mass is 35.5. The summed E-state index contributed by atoms with van der Waals surface area (Å²) < 4.78 is 69.8. The second-order valence-electron chi connectivity index (χ2n) is 8.95. The zero-order valence-electron chi connectivity index (χ0n) is 19.9. The molecule has 0 saturated heterocycles. The number of alkyl halides is 3. The van der Waals surface area contributed by atoms with Crippen LogP contribution in [0.3, 0.4) is 0 Å². The smallest absolute Gasteiger partial charge is 0.394 e. The number of hydrogen-bond acceptors (Lipinski definition) is 6. The van der Waals surface area contributed by atoms with Crippen molar-refractivity contribution in [2.24, 2.45) is 0 Å². The number of aromatic nitrogens is 3. The number of aliphatic hydroxyl groups excluding tert-OH is 1. The molecule has 0 radical (unpaired) electrons. The van der Waals surface area contributed by atoms with Gasteiger partial charge in [-0.05, 0) is 50.2 Å². The van der Waals surface area contributed by atoms with E-state index < -0.39 is 39.9 Å². The molecule has 200 valence electrons. The molecule has 0 fully saturated rings. The highest BCUT2D eigenvalue weighted by Gasteiger charge is 2.36. The average Bonchev–Trinajstić information content (AvgIpc) is 3.27. The van der Waals surface area contributed by atoms with Gasteiger partial charge in [-0.3, -0.25) is 4.79 Å². The maximum absolute atomic E-state index is 13.8. The Kier molecular flexibility index (Phi) is 7.23. The minimum atomic E-state index is -4.81. The topological polar surface area (TPSA) is 126 Å². The first-order chi connectivity index (χ1) is 17.7. The Morgan fingerprint density at radius 2 is 1.79 bits per heavy atom. The molecule has 9 nitrogen and oxygen atoms in total. The summed E-state index contributed by atoms with van der Waals surface area (Å²) in [6.07, 6.45) is -3.86. The molecule has 4 rings (SSSR count). The molecule has 0 aliphatic rings.